The SMILES string of the molecule is CC(C)c1nc2cc[nH]n2c1C(C)C. The molecule has 2 aromatic rings. The summed E-state index contributed by atoms with van der Waals surface area (Å²) in [5.74, 6) is 0.988. The Hall–Kier alpha value is -1.25. The average molecular weight is 191 g/mol. The zero-order valence-corrected chi connectivity index (χ0v) is 9.20. The molecule has 0 aromatic carbocycles. The quantitative estimate of drug-likeness (QED) is 0.777. The van der Waals surface area contributed by atoms with Crippen LogP contribution in [0.15, 0.2) is 12.3 Å². The molecule has 2 aromatic heterocycles. The standard InChI is InChI=1S/C11H17N3/c1-7(2)10-11(8(3)4)14-9(13-10)5-6-12-14/h5-8,12H,1-4H3. The van der Waals surface area contributed by atoms with E-state index in [4.69, 9.17) is 0 Å². The highest BCUT2D eigenvalue weighted by molar-refractivity contribution is 5.43. The number of rotatable bonds is 2. The lowest BCUT2D eigenvalue weighted by atomic mass is 10.0. The molecule has 0 bridgehead atoms. The van der Waals surface area contributed by atoms with Gasteiger partial charge in [-0.15, -0.1) is 0 Å². The summed E-state index contributed by atoms with van der Waals surface area (Å²) in [7, 11) is 0. The first-order valence-corrected chi connectivity index (χ1v) is 5.17. The third-order valence-electron chi connectivity index (χ3n) is 2.50. The Morgan fingerprint density at radius 1 is 1.21 bits per heavy atom. The van der Waals surface area contributed by atoms with Crippen LogP contribution in [0.5, 0.6) is 0 Å². The fourth-order valence-electron chi connectivity index (χ4n) is 1.88. The van der Waals surface area contributed by atoms with Gasteiger partial charge in [0.2, 0.25) is 0 Å². The highest BCUT2D eigenvalue weighted by Crippen LogP contribution is 2.26. The second kappa shape index (κ2) is 3.15. The lowest BCUT2D eigenvalue weighted by Crippen LogP contribution is -2.01. The normalized spacial score (nSPS) is 12.1. The number of imidazole rings is 1. The van der Waals surface area contributed by atoms with Crippen LogP contribution in [-0.2, 0) is 0 Å². The number of aromatic amines is 1. The third-order valence-corrected chi connectivity index (χ3v) is 2.50. The molecule has 0 aliphatic rings. The molecule has 0 spiro atoms. The van der Waals surface area contributed by atoms with E-state index in [1.54, 1.807) is 0 Å². The van der Waals surface area contributed by atoms with Crippen LogP contribution in [-0.4, -0.2) is 14.6 Å². The monoisotopic (exact) mass is 191 g/mol. The molecule has 14 heavy (non-hydrogen) atoms. The van der Waals surface area contributed by atoms with Crippen molar-refractivity contribution in [1.82, 2.24) is 14.6 Å². The maximum Gasteiger partial charge on any atom is 0.153 e. The summed E-state index contributed by atoms with van der Waals surface area (Å²) in [5.41, 5.74) is 3.55. The van der Waals surface area contributed by atoms with Crippen molar-refractivity contribution in [3.63, 3.8) is 0 Å². The first-order valence-electron chi connectivity index (χ1n) is 5.17. The van der Waals surface area contributed by atoms with Crippen molar-refractivity contribution in [2.45, 2.75) is 39.5 Å². The Morgan fingerprint density at radius 3 is 2.50 bits per heavy atom. The van der Waals surface area contributed by atoms with Gasteiger partial charge in [-0.3, -0.25) is 5.10 Å². The fraction of sp³-hybridized carbons (Fsp3) is 0.545. The van der Waals surface area contributed by atoms with Gasteiger partial charge >= 0.3 is 0 Å². The summed E-state index contributed by atoms with van der Waals surface area (Å²) in [6.07, 6.45) is 1.93. The summed E-state index contributed by atoms with van der Waals surface area (Å²) < 4.78 is 2.08. The number of aromatic nitrogens is 3. The smallest absolute Gasteiger partial charge is 0.153 e. The van der Waals surface area contributed by atoms with E-state index in [0.717, 1.165) is 5.65 Å². The van der Waals surface area contributed by atoms with E-state index in [-0.39, 0.29) is 0 Å². The summed E-state index contributed by atoms with van der Waals surface area (Å²) in [6.45, 7) is 8.79. The van der Waals surface area contributed by atoms with E-state index in [9.17, 15) is 0 Å². The summed E-state index contributed by atoms with van der Waals surface area (Å²) in [4.78, 5) is 4.63. The van der Waals surface area contributed by atoms with E-state index in [0.29, 0.717) is 11.8 Å². The number of nitrogens with one attached hydrogen (secondary N) is 1. The molecule has 0 radical (unpaired) electrons. The van der Waals surface area contributed by atoms with Crippen LogP contribution in [0.3, 0.4) is 0 Å². The highest BCUT2D eigenvalue weighted by atomic mass is 15.3. The van der Waals surface area contributed by atoms with Crippen LogP contribution in [0, 0.1) is 0 Å². The molecule has 3 nitrogen and oxygen atoms in total. The largest absolute Gasteiger partial charge is 0.300 e. The summed E-state index contributed by atoms with van der Waals surface area (Å²) in [5, 5.41) is 3.20. The minimum Gasteiger partial charge on any atom is -0.300 e. The van der Waals surface area contributed by atoms with Gasteiger partial charge in [-0.2, -0.15) is 0 Å². The number of hydrogen-bond acceptors (Lipinski definition) is 1. The first-order chi connectivity index (χ1) is 6.61. The van der Waals surface area contributed by atoms with Crippen molar-refractivity contribution in [1.29, 1.82) is 0 Å². The van der Waals surface area contributed by atoms with Gasteiger partial charge in [0.1, 0.15) is 0 Å². The maximum atomic E-state index is 4.63. The van der Waals surface area contributed by atoms with Gasteiger partial charge in [0.25, 0.3) is 0 Å². The predicted molar refractivity (Wildman–Crippen MR) is 57.7 cm³/mol. The molecule has 0 fully saturated rings. The fourth-order valence-corrected chi connectivity index (χ4v) is 1.88. The zero-order valence-electron chi connectivity index (χ0n) is 9.20. The van der Waals surface area contributed by atoms with Crippen molar-refractivity contribution < 1.29 is 0 Å². The molecule has 2 rings (SSSR count). The molecule has 0 atom stereocenters. The Labute approximate surface area is 84.1 Å². The molecule has 0 saturated carbocycles. The van der Waals surface area contributed by atoms with Crippen LogP contribution < -0.4 is 0 Å². The number of fused-ring (bicyclic) bond motifs is 1. The number of nitrogens with zero attached hydrogens (tertiary/aromatic N) is 2. The second-order valence-electron chi connectivity index (χ2n) is 4.35. The molecular formula is C11H17N3. The Morgan fingerprint density at radius 2 is 1.93 bits per heavy atom. The lowest BCUT2D eigenvalue weighted by molar-refractivity contribution is 0.721. The van der Waals surface area contributed by atoms with E-state index in [1.165, 1.54) is 11.4 Å². The van der Waals surface area contributed by atoms with E-state index in [2.05, 4.69) is 42.3 Å². The molecule has 0 unspecified atom stereocenters. The van der Waals surface area contributed by atoms with Gasteiger partial charge in [0.05, 0.1) is 11.4 Å². The van der Waals surface area contributed by atoms with Crippen LogP contribution in [0.2, 0.25) is 0 Å². The third kappa shape index (κ3) is 1.24. The van der Waals surface area contributed by atoms with Gasteiger partial charge in [-0.1, -0.05) is 27.7 Å². The van der Waals surface area contributed by atoms with Crippen molar-refractivity contribution >= 4 is 5.65 Å². The minimum atomic E-state index is 0.487. The molecule has 2 heterocycles. The number of hydrogen-bond donors (Lipinski definition) is 1. The molecule has 76 valence electrons. The lowest BCUT2D eigenvalue weighted by Gasteiger charge is -2.09. The van der Waals surface area contributed by atoms with Crippen LogP contribution in [0.1, 0.15) is 50.9 Å². The maximum absolute atomic E-state index is 4.63. The zero-order chi connectivity index (χ0) is 10.3. The predicted octanol–water partition coefficient (Wildman–Crippen LogP) is 2.91. The second-order valence-corrected chi connectivity index (χ2v) is 4.35. The van der Waals surface area contributed by atoms with Crippen LogP contribution in [0.25, 0.3) is 5.65 Å². The van der Waals surface area contributed by atoms with Gasteiger partial charge in [-0.25, -0.2) is 9.50 Å². The summed E-state index contributed by atoms with van der Waals surface area (Å²) >= 11 is 0. The average Bonchev–Trinajstić information content (AvgIpc) is 2.58. The van der Waals surface area contributed by atoms with Gasteiger partial charge in [-0.05, 0) is 11.8 Å². The van der Waals surface area contributed by atoms with Crippen molar-refractivity contribution in [3.8, 4) is 0 Å². The molecule has 1 N–H and O–H groups in total. The van der Waals surface area contributed by atoms with Crippen molar-refractivity contribution in [3.05, 3.63) is 23.7 Å². The highest BCUT2D eigenvalue weighted by Gasteiger charge is 2.17. The molecule has 0 amide bonds. The van der Waals surface area contributed by atoms with Crippen molar-refractivity contribution in [2.75, 3.05) is 0 Å². The Kier molecular flexibility index (Phi) is 2.10. The molecular weight excluding hydrogens is 174 g/mol. The molecule has 0 aliphatic carbocycles. The van der Waals surface area contributed by atoms with E-state index in [1.807, 2.05) is 12.3 Å². The Balaban J connectivity index is 2.69. The van der Waals surface area contributed by atoms with Gasteiger partial charge in [0, 0.05) is 12.3 Å². The minimum absolute atomic E-state index is 0.487. The number of H-pyrrole nitrogens is 1. The Bertz CT molecular complexity index is 434. The van der Waals surface area contributed by atoms with E-state index < -0.39 is 0 Å². The summed E-state index contributed by atoms with van der Waals surface area (Å²) in [6, 6.07) is 2.01. The van der Waals surface area contributed by atoms with E-state index >= 15 is 0 Å². The molecule has 0 saturated heterocycles. The molecule has 0 aliphatic heterocycles. The van der Waals surface area contributed by atoms with Crippen LogP contribution in [0.4, 0.5) is 0 Å². The topological polar surface area (TPSA) is 33.1 Å². The van der Waals surface area contributed by atoms with Crippen LogP contribution >= 0.6 is 0 Å². The van der Waals surface area contributed by atoms with Gasteiger partial charge < -0.3 is 0 Å². The van der Waals surface area contributed by atoms with Crippen molar-refractivity contribution in [2.24, 2.45) is 0 Å². The molecule has 3 heteroatoms. The van der Waals surface area contributed by atoms with Gasteiger partial charge in [0.15, 0.2) is 5.65 Å². The first kappa shape index (κ1) is 9.31.